The van der Waals surface area contributed by atoms with Crippen molar-refractivity contribution in [2.45, 2.75) is 19.9 Å². The molecule has 0 amide bonds. The highest BCUT2D eigenvalue weighted by atomic mass is 19.1. The second-order valence-electron chi connectivity index (χ2n) is 4.57. The van der Waals surface area contributed by atoms with Crippen molar-refractivity contribution in [3.63, 3.8) is 0 Å². The highest BCUT2D eigenvalue weighted by Crippen LogP contribution is 2.11. The first-order chi connectivity index (χ1) is 9.72. The molecule has 0 bridgehead atoms. The summed E-state index contributed by atoms with van der Waals surface area (Å²) in [6, 6.07) is 6.45. The number of benzene rings is 1. The third-order valence-corrected chi connectivity index (χ3v) is 3.01. The van der Waals surface area contributed by atoms with E-state index in [1.165, 1.54) is 6.07 Å². The third-order valence-electron chi connectivity index (χ3n) is 3.01. The predicted octanol–water partition coefficient (Wildman–Crippen LogP) is 2.09. The van der Waals surface area contributed by atoms with Crippen molar-refractivity contribution in [3.05, 3.63) is 53.4 Å². The van der Waals surface area contributed by atoms with E-state index in [4.69, 9.17) is 5.26 Å². The molecule has 20 heavy (non-hydrogen) atoms. The number of nitrogens with zero attached hydrogens (tertiary/aromatic N) is 3. The second kappa shape index (κ2) is 6.83. The molecule has 0 spiro atoms. The number of hydrogen-bond donors (Lipinski definition) is 1. The Labute approximate surface area is 117 Å². The summed E-state index contributed by atoms with van der Waals surface area (Å²) in [4.78, 5) is 4.33. The first kappa shape index (κ1) is 14.2. The standard InChI is InChI=1S/C15H17FN4/c1-2-18-6-5-14-10-20(11-19-14)9-12-3-4-15(16)13(7-12)8-17/h3-4,7,10-11,18H,2,5-6,9H2,1H3. The largest absolute Gasteiger partial charge is 0.333 e. The monoisotopic (exact) mass is 272 g/mol. The molecule has 4 nitrogen and oxygen atoms in total. The second-order valence-corrected chi connectivity index (χ2v) is 4.57. The number of nitrogens with one attached hydrogen (secondary N) is 1. The molecule has 0 atom stereocenters. The molecule has 0 fully saturated rings. The molecular weight excluding hydrogens is 255 g/mol. The summed E-state index contributed by atoms with van der Waals surface area (Å²) in [6.45, 7) is 4.51. The van der Waals surface area contributed by atoms with Gasteiger partial charge in [0.15, 0.2) is 0 Å². The zero-order valence-electron chi connectivity index (χ0n) is 11.4. The van der Waals surface area contributed by atoms with Crippen LogP contribution in [0.1, 0.15) is 23.7 Å². The summed E-state index contributed by atoms with van der Waals surface area (Å²) in [7, 11) is 0. The topological polar surface area (TPSA) is 53.6 Å². The van der Waals surface area contributed by atoms with Crippen molar-refractivity contribution in [2.75, 3.05) is 13.1 Å². The summed E-state index contributed by atoms with van der Waals surface area (Å²) < 4.78 is 15.2. The fourth-order valence-electron chi connectivity index (χ4n) is 1.98. The Bertz CT molecular complexity index is 613. The Morgan fingerprint density at radius 2 is 2.30 bits per heavy atom. The van der Waals surface area contributed by atoms with E-state index in [2.05, 4.69) is 17.2 Å². The molecular formula is C15H17FN4. The van der Waals surface area contributed by atoms with Gasteiger partial charge in [-0.3, -0.25) is 0 Å². The number of hydrogen-bond acceptors (Lipinski definition) is 3. The van der Waals surface area contributed by atoms with Gasteiger partial charge in [0.05, 0.1) is 17.6 Å². The van der Waals surface area contributed by atoms with Gasteiger partial charge in [-0.15, -0.1) is 0 Å². The zero-order chi connectivity index (χ0) is 14.4. The van der Waals surface area contributed by atoms with Crippen LogP contribution >= 0.6 is 0 Å². The number of imidazole rings is 1. The van der Waals surface area contributed by atoms with Crippen molar-refractivity contribution >= 4 is 0 Å². The average Bonchev–Trinajstić information content (AvgIpc) is 2.89. The Kier molecular flexibility index (Phi) is 4.85. The Hall–Kier alpha value is -2.19. The van der Waals surface area contributed by atoms with Gasteiger partial charge in [-0.25, -0.2) is 9.37 Å². The number of nitriles is 1. The van der Waals surface area contributed by atoms with E-state index in [1.54, 1.807) is 18.5 Å². The molecule has 1 aromatic heterocycles. The van der Waals surface area contributed by atoms with Crippen LogP contribution in [0.15, 0.2) is 30.7 Å². The summed E-state index contributed by atoms with van der Waals surface area (Å²) in [5.74, 6) is -0.479. The third kappa shape index (κ3) is 3.65. The van der Waals surface area contributed by atoms with Crippen LogP contribution in [0.25, 0.3) is 0 Å². The zero-order valence-corrected chi connectivity index (χ0v) is 11.4. The van der Waals surface area contributed by atoms with Crippen LogP contribution in [0, 0.1) is 17.1 Å². The Morgan fingerprint density at radius 3 is 3.05 bits per heavy atom. The lowest BCUT2D eigenvalue weighted by Crippen LogP contribution is -2.16. The predicted molar refractivity (Wildman–Crippen MR) is 74.7 cm³/mol. The van der Waals surface area contributed by atoms with Crippen molar-refractivity contribution in [2.24, 2.45) is 0 Å². The molecule has 0 unspecified atom stereocenters. The first-order valence-electron chi connectivity index (χ1n) is 6.63. The van der Waals surface area contributed by atoms with Crippen molar-refractivity contribution in [3.8, 4) is 6.07 Å². The van der Waals surface area contributed by atoms with Crippen LogP contribution in [-0.2, 0) is 13.0 Å². The van der Waals surface area contributed by atoms with Crippen LogP contribution in [0.4, 0.5) is 4.39 Å². The van der Waals surface area contributed by atoms with Gasteiger partial charge in [0.2, 0.25) is 0 Å². The smallest absolute Gasteiger partial charge is 0.140 e. The lowest BCUT2D eigenvalue weighted by Gasteiger charge is -2.03. The van der Waals surface area contributed by atoms with Gasteiger partial charge >= 0.3 is 0 Å². The number of aromatic nitrogens is 2. The number of rotatable bonds is 6. The molecule has 0 radical (unpaired) electrons. The Balaban J connectivity index is 2.01. The van der Waals surface area contributed by atoms with Crippen molar-refractivity contribution in [1.82, 2.24) is 14.9 Å². The van der Waals surface area contributed by atoms with E-state index in [-0.39, 0.29) is 5.56 Å². The van der Waals surface area contributed by atoms with Crippen LogP contribution < -0.4 is 5.32 Å². The SMILES string of the molecule is CCNCCc1cn(Cc2ccc(F)c(C#N)c2)cn1. The van der Waals surface area contributed by atoms with E-state index in [9.17, 15) is 4.39 Å². The first-order valence-corrected chi connectivity index (χ1v) is 6.63. The molecule has 0 aliphatic rings. The van der Waals surface area contributed by atoms with Gasteiger partial charge in [-0.2, -0.15) is 5.26 Å². The van der Waals surface area contributed by atoms with E-state index < -0.39 is 5.82 Å². The number of halogens is 1. The molecule has 1 heterocycles. The van der Waals surface area contributed by atoms with Crippen LogP contribution in [-0.4, -0.2) is 22.6 Å². The normalized spacial score (nSPS) is 10.4. The molecule has 104 valence electrons. The minimum Gasteiger partial charge on any atom is -0.333 e. The van der Waals surface area contributed by atoms with Gasteiger partial charge in [0.25, 0.3) is 0 Å². The maximum Gasteiger partial charge on any atom is 0.140 e. The van der Waals surface area contributed by atoms with Gasteiger partial charge in [0.1, 0.15) is 11.9 Å². The highest BCUT2D eigenvalue weighted by molar-refractivity contribution is 5.34. The molecule has 0 saturated carbocycles. The lowest BCUT2D eigenvalue weighted by molar-refractivity contribution is 0.622. The molecule has 0 saturated heterocycles. The molecule has 0 aliphatic heterocycles. The van der Waals surface area contributed by atoms with Crippen molar-refractivity contribution in [1.29, 1.82) is 5.26 Å². The van der Waals surface area contributed by atoms with Gasteiger partial charge < -0.3 is 9.88 Å². The molecule has 2 aromatic rings. The van der Waals surface area contributed by atoms with Crippen LogP contribution in [0.3, 0.4) is 0 Å². The van der Waals surface area contributed by atoms with Crippen LogP contribution in [0.2, 0.25) is 0 Å². The Morgan fingerprint density at radius 1 is 1.45 bits per heavy atom. The maximum atomic E-state index is 13.2. The highest BCUT2D eigenvalue weighted by Gasteiger charge is 2.04. The minimum atomic E-state index is -0.479. The molecule has 1 aromatic carbocycles. The van der Waals surface area contributed by atoms with Gasteiger partial charge in [-0.05, 0) is 24.2 Å². The average molecular weight is 272 g/mol. The molecule has 2 rings (SSSR count). The molecule has 1 N–H and O–H groups in total. The summed E-state index contributed by atoms with van der Waals surface area (Å²) >= 11 is 0. The summed E-state index contributed by atoms with van der Waals surface area (Å²) in [5.41, 5.74) is 1.99. The summed E-state index contributed by atoms with van der Waals surface area (Å²) in [5, 5.41) is 12.1. The molecule has 5 heteroatoms. The molecule has 0 aliphatic carbocycles. The minimum absolute atomic E-state index is 0.0787. The maximum absolute atomic E-state index is 13.2. The van der Waals surface area contributed by atoms with E-state index in [1.807, 2.05) is 16.8 Å². The van der Waals surface area contributed by atoms with Crippen molar-refractivity contribution < 1.29 is 4.39 Å². The van der Waals surface area contributed by atoms with Crippen LogP contribution in [0.5, 0.6) is 0 Å². The lowest BCUT2D eigenvalue weighted by atomic mass is 10.1. The van der Waals surface area contributed by atoms with Gasteiger partial charge in [0, 0.05) is 25.7 Å². The van der Waals surface area contributed by atoms with E-state index >= 15 is 0 Å². The summed E-state index contributed by atoms with van der Waals surface area (Å²) in [6.07, 6.45) is 4.62. The van der Waals surface area contributed by atoms with E-state index in [0.29, 0.717) is 6.54 Å². The number of likely N-dealkylation sites (N-methyl/N-ethyl adjacent to an activating group) is 1. The van der Waals surface area contributed by atoms with E-state index in [0.717, 1.165) is 30.8 Å². The quantitative estimate of drug-likeness (QED) is 0.819. The fraction of sp³-hybridized carbons (Fsp3) is 0.333. The fourth-order valence-corrected chi connectivity index (χ4v) is 1.98. The van der Waals surface area contributed by atoms with Gasteiger partial charge in [-0.1, -0.05) is 13.0 Å².